The second-order valence-corrected chi connectivity index (χ2v) is 7.17. The van der Waals surface area contributed by atoms with Crippen LogP contribution in [0.1, 0.15) is 12.0 Å². The summed E-state index contributed by atoms with van der Waals surface area (Å²) in [6.45, 7) is 1.97. The Morgan fingerprint density at radius 1 is 1.11 bits per heavy atom. The first-order valence-electron chi connectivity index (χ1n) is 9.06. The van der Waals surface area contributed by atoms with Crippen LogP contribution in [0.5, 0.6) is 0 Å². The van der Waals surface area contributed by atoms with Crippen molar-refractivity contribution in [2.75, 3.05) is 39.1 Å². The van der Waals surface area contributed by atoms with Crippen molar-refractivity contribution in [2.45, 2.75) is 6.42 Å². The molecule has 6 nitrogen and oxygen atoms in total. The number of hydrogen-bond donors (Lipinski definition) is 0. The Hall–Kier alpha value is -2.99. The van der Waals surface area contributed by atoms with E-state index in [0.29, 0.717) is 11.3 Å². The number of hydrogen-bond acceptors (Lipinski definition) is 5. The quantitative estimate of drug-likeness (QED) is 0.718. The van der Waals surface area contributed by atoms with Crippen molar-refractivity contribution in [3.63, 3.8) is 0 Å². The van der Waals surface area contributed by atoms with Crippen LogP contribution in [-0.4, -0.2) is 53.5 Å². The third kappa shape index (κ3) is 3.48. The minimum Gasteiger partial charge on any atom is -0.363 e. The largest absolute Gasteiger partial charge is 0.363 e. The Morgan fingerprint density at radius 3 is 2.59 bits per heavy atom. The smallest absolute Gasteiger partial charge is 0.258 e. The van der Waals surface area contributed by atoms with Crippen LogP contribution < -0.4 is 10.5 Å². The lowest BCUT2D eigenvalue weighted by Gasteiger charge is -2.22. The summed E-state index contributed by atoms with van der Waals surface area (Å²) in [6, 6.07) is 9.41. The molecule has 4 heterocycles. The Kier molecular flexibility index (Phi) is 4.49. The lowest BCUT2D eigenvalue weighted by atomic mass is 10.0. The molecule has 0 atom stereocenters. The monoisotopic (exact) mass is 361 g/mol. The summed E-state index contributed by atoms with van der Waals surface area (Å²) in [4.78, 5) is 26.0. The van der Waals surface area contributed by atoms with Crippen LogP contribution in [0.4, 0.5) is 5.82 Å². The predicted molar refractivity (Wildman–Crippen MR) is 109 cm³/mol. The molecule has 0 radical (unpaired) electrons. The standard InChI is InChI=1S/C21H23N5O/c1-24(2)19-6-4-16(13-22-19)18-12-21(27)26-14-17(5-7-20(26)23-18)15-8-10-25(3)11-9-15/h4-8,12-14H,9-11H2,1-3H3. The molecule has 0 unspecified atom stereocenters. The van der Waals surface area contributed by atoms with E-state index in [9.17, 15) is 4.79 Å². The molecule has 3 aromatic heterocycles. The SMILES string of the molecule is CN1CC=C(c2ccc3nc(-c4ccc(N(C)C)nc4)cc(=O)n3c2)CC1. The minimum atomic E-state index is -0.0814. The second-order valence-electron chi connectivity index (χ2n) is 7.17. The van der Waals surface area contributed by atoms with Crippen molar-refractivity contribution in [1.29, 1.82) is 0 Å². The predicted octanol–water partition coefficient (Wildman–Crippen LogP) is 2.54. The minimum absolute atomic E-state index is 0.0814. The fourth-order valence-electron chi connectivity index (χ4n) is 3.28. The van der Waals surface area contributed by atoms with Gasteiger partial charge in [0.2, 0.25) is 0 Å². The highest BCUT2D eigenvalue weighted by Gasteiger charge is 2.12. The molecular weight excluding hydrogens is 338 g/mol. The van der Waals surface area contributed by atoms with Crippen LogP contribution in [0, 0.1) is 0 Å². The molecule has 1 aliphatic heterocycles. The highest BCUT2D eigenvalue weighted by atomic mass is 16.1. The molecule has 0 fully saturated rings. The van der Waals surface area contributed by atoms with Crippen molar-refractivity contribution in [2.24, 2.45) is 0 Å². The van der Waals surface area contributed by atoms with E-state index >= 15 is 0 Å². The van der Waals surface area contributed by atoms with Crippen LogP contribution in [0.25, 0.3) is 22.5 Å². The van der Waals surface area contributed by atoms with Crippen LogP contribution in [0.15, 0.2) is 53.6 Å². The molecule has 0 saturated heterocycles. The van der Waals surface area contributed by atoms with Gasteiger partial charge in [0.15, 0.2) is 0 Å². The maximum absolute atomic E-state index is 12.7. The van der Waals surface area contributed by atoms with Crippen molar-refractivity contribution in [3.05, 3.63) is 64.7 Å². The van der Waals surface area contributed by atoms with Gasteiger partial charge in [-0.25, -0.2) is 9.97 Å². The molecular formula is C21H23N5O. The molecule has 0 aliphatic carbocycles. The molecule has 0 aromatic carbocycles. The van der Waals surface area contributed by atoms with E-state index in [2.05, 4.69) is 34.1 Å². The van der Waals surface area contributed by atoms with Gasteiger partial charge in [-0.15, -0.1) is 0 Å². The summed E-state index contributed by atoms with van der Waals surface area (Å²) in [5, 5.41) is 0. The first kappa shape index (κ1) is 17.4. The Morgan fingerprint density at radius 2 is 1.93 bits per heavy atom. The zero-order valence-electron chi connectivity index (χ0n) is 15.9. The second kappa shape index (κ2) is 6.96. The summed E-state index contributed by atoms with van der Waals surface area (Å²) < 4.78 is 1.62. The third-order valence-corrected chi connectivity index (χ3v) is 4.94. The van der Waals surface area contributed by atoms with E-state index < -0.39 is 0 Å². The van der Waals surface area contributed by atoms with Crippen molar-refractivity contribution >= 4 is 17.0 Å². The molecule has 6 heteroatoms. The fourth-order valence-corrected chi connectivity index (χ4v) is 3.28. The van der Waals surface area contributed by atoms with Gasteiger partial charge in [0.25, 0.3) is 5.56 Å². The summed E-state index contributed by atoms with van der Waals surface area (Å²) in [6.07, 6.45) is 6.88. The van der Waals surface area contributed by atoms with Gasteiger partial charge in [-0.3, -0.25) is 9.20 Å². The van der Waals surface area contributed by atoms with E-state index in [1.807, 2.05) is 43.4 Å². The fraction of sp³-hybridized carbons (Fsp3) is 0.286. The van der Waals surface area contributed by atoms with Crippen LogP contribution in [-0.2, 0) is 0 Å². The lowest BCUT2D eigenvalue weighted by Crippen LogP contribution is -2.24. The summed E-state index contributed by atoms with van der Waals surface area (Å²) in [5.74, 6) is 0.868. The van der Waals surface area contributed by atoms with E-state index in [-0.39, 0.29) is 5.56 Å². The summed E-state index contributed by atoms with van der Waals surface area (Å²) >= 11 is 0. The highest BCUT2D eigenvalue weighted by molar-refractivity contribution is 5.68. The van der Waals surface area contributed by atoms with Crippen molar-refractivity contribution in [1.82, 2.24) is 19.3 Å². The number of likely N-dealkylation sites (N-methyl/N-ethyl adjacent to an activating group) is 1. The highest BCUT2D eigenvalue weighted by Crippen LogP contribution is 2.23. The zero-order chi connectivity index (χ0) is 19.0. The average Bonchev–Trinajstić information content (AvgIpc) is 2.68. The average molecular weight is 361 g/mol. The number of fused-ring (bicyclic) bond motifs is 1. The maximum atomic E-state index is 12.7. The van der Waals surface area contributed by atoms with Gasteiger partial charge in [-0.1, -0.05) is 6.08 Å². The molecule has 0 saturated carbocycles. The molecule has 0 bridgehead atoms. The van der Waals surface area contributed by atoms with Gasteiger partial charge in [-0.2, -0.15) is 0 Å². The number of anilines is 1. The molecule has 1 aliphatic rings. The first-order chi connectivity index (χ1) is 13.0. The molecule has 0 amide bonds. The van der Waals surface area contributed by atoms with Gasteiger partial charge in [-0.05, 0) is 48.9 Å². The maximum Gasteiger partial charge on any atom is 0.258 e. The van der Waals surface area contributed by atoms with Gasteiger partial charge >= 0.3 is 0 Å². The van der Waals surface area contributed by atoms with Crippen LogP contribution in [0.2, 0.25) is 0 Å². The normalized spacial score (nSPS) is 15.0. The molecule has 27 heavy (non-hydrogen) atoms. The molecule has 0 N–H and O–H groups in total. The topological polar surface area (TPSA) is 53.7 Å². The number of pyridine rings is 2. The van der Waals surface area contributed by atoms with Gasteiger partial charge < -0.3 is 9.80 Å². The first-order valence-corrected chi connectivity index (χ1v) is 9.06. The zero-order valence-corrected chi connectivity index (χ0v) is 15.9. The summed E-state index contributed by atoms with van der Waals surface area (Å²) in [5.41, 5.74) is 4.42. The van der Waals surface area contributed by atoms with E-state index in [0.717, 1.165) is 36.5 Å². The van der Waals surface area contributed by atoms with Gasteiger partial charge in [0, 0.05) is 51.2 Å². The number of rotatable bonds is 3. The molecule has 0 spiro atoms. The van der Waals surface area contributed by atoms with Crippen LogP contribution >= 0.6 is 0 Å². The number of nitrogens with zero attached hydrogens (tertiary/aromatic N) is 5. The van der Waals surface area contributed by atoms with Gasteiger partial charge in [0.1, 0.15) is 11.5 Å². The van der Waals surface area contributed by atoms with E-state index in [1.54, 1.807) is 16.7 Å². The lowest BCUT2D eigenvalue weighted by molar-refractivity contribution is 0.370. The van der Waals surface area contributed by atoms with Crippen molar-refractivity contribution < 1.29 is 0 Å². The Balaban J connectivity index is 1.72. The van der Waals surface area contributed by atoms with Gasteiger partial charge in [0.05, 0.1) is 5.69 Å². The van der Waals surface area contributed by atoms with E-state index in [1.165, 1.54) is 5.57 Å². The van der Waals surface area contributed by atoms with Crippen molar-refractivity contribution in [3.8, 4) is 11.3 Å². The van der Waals surface area contributed by atoms with Crippen LogP contribution in [0.3, 0.4) is 0 Å². The number of aromatic nitrogens is 3. The third-order valence-electron chi connectivity index (χ3n) is 4.94. The molecule has 138 valence electrons. The molecule has 3 aromatic rings. The Bertz CT molecular complexity index is 1070. The molecule has 4 rings (SSSR count). The van der Waals surface area contributed by atoms with E-state index in [4.69, 9.17) is 0 Å². The Labute approximate surface area is 158 Å². The summed E-state index contributed by atoms with van der Waals surface area (Å²) in [7, 11) is 6.00.